The highest BCUT2D eigenvalue weighted by atomic mass is 16.5. The summed E-state index contributed by atoms with van der Waals surface area (Å²) in [4.78, 5) is 4.64. The maximum Gasteiger partial charge on any atom is 0.226 e. The summed E-state index contributed by atoms with van der Waals surface area (Å²) in [5.41, 5.74) is 3.19. The molecule has 0 aliphatic rings. The molecule has 2 unspecified atom stereocenters. The number of oxazole rings is 1. The standard InChI is InChI=1S/C27H35NO4/c1-5-29-21(4)26(30-6-2)17-14-22-12-15-24(16-13-22)31-19-18-25-20(3)32-27(28-25)23-10-8-7-9-11-23/h7-13,15-16,21,26H,5-6,14,17-19H2,1-4H3. The number of ether oxygens (including phenoxy) is 3. The molecule has 0 aliphatic carbocycles. The molecule has 0 saturated heterocycles. The van der Waals surface area contributed by atoms with E-state index in [0.717, 1.165) is 35.6 Å². The highest BCUT2D eigenvalue weighted by Crippen LogP contribution is 2.22. The van der Waals surface area contributed by atoms with Crippen LogP contribution in [0.25, 0.3) is 11.5 Å². The van der Waals surface area contributed by atoms with Gasteiger partial charge in [0.1, 0.15) is 11.5 Å². The Morgan fingerprint density at radius 2 is 1.62 bits per heavy atom. The van der Waals surface area contributed by atoms with Gasteiger partial charge in [-0.1, -0.05) is 30.3 Å². The SMILES string of the molecule is CCOC(C)C(CCc1ccc(OCCc2nc(-c3ccccc3)oc2C)cc1)OCC. The summed E-state index contributed by atoms with van der Waals surface area (Å²) in [6, 6.07) is 18.3. The van der Waals surface area contributed by atoms with Crippen molar-refractivity contribution in [2.45, 2.75) is 59.2 Å². The Balaban J connectivity index is 1.47. The second kappa shape index (κ2) is 12.4. The van der Waals surface area contributed by atoms with E-state index in [2.05, 4.69) is 24.0 Å². The van der Waals surface area contributed by atoms with Crippen molar-refractivity contribution in [2.75, 3.05) is 19.8 Å². The molecule has 172 valence electrons. The summed E-state index contributed by atoms with van der Waals surface area (Å²) in [6.07, 6.45) is 2.80. The van der Waals surface area contributed by atoms with Gasteiger partial charge in [-0.15, -0.1) is 0 Å². The third kappa shape index (κ3) is 6.94. The van der Waals surface area contributed by atoms with E-state index in [1.807, 2.05) is 63.2 Å². The van der Waals surface area contributed by atoms with E-state index in [1.54, 1.807) is 0 Å². The van der Waals surface area contributed by atoms with Crippen LogP contribution >= 0.6 is 0 Å². The van der Waals surface area contributed by atoms with Crippen LogP contribution in [0.1, 0.15) is 44.2 Å². The first-order chi connectivity index (χ1) is 15.6. The van der Waals surface area contributed by atoms with Crippen molar-refractivity contribution in [3.63, 3.8) is 0 Å². The number of nitrogens with zero attached hydrogens (tertiary/aromatic N) is 1. The van der Waals surface area contributed by atoms with Gasteiger partial charge in [0.05, 0.1) is 24.5 Å². The third-order valence-corrected chi connectivity index (χ3v) is 5.50. The van der Waals surface area contributed by atoms with Crippen molar-refractivity contribution < 1.29 is 18.6 Å². The molecule has 0 radical (unpaired) electrons. The predicted octanol–water partition coefficient (Wildman–Crippen LogP) is 6.03. The highest BCUT2D eigenvalue weighted by Gasteiger charge is 2.17. The minimum atomic E-state index is 0.102. The quantitative estimate of drug-likeness (QED) is 0.327. The van der Waals surface area contributed by atoms with Gasteiger partial charge in [-0.2, -0.15) is 0 Å². The van der Waals surface area contributed by atoms with Crippen LogP contribution in [0.15, 0.2) is 59.0 Å². The lowest BCUT2D eigenvalue weighted by Crippen LogP contribution is -2.29. The van der Waals surface area contributed by atoms with Gasteiger partial charge in [0, 0.05) is 25.2 Å². The smallest absolute Gasteiger partial charge is 0.226 e. The Kier molecular flexibility index (Phi) is 9.32. The van der Waals surface area contributed by atoms with E-state index in [4.69, 9.17) is 18.6 Å². The molecular formula is C27H35NO4. The number of hydrogen-bond donors (Lipinski definition) is 0. The van der Waals surface area contributed by atoms with E-state index in [1.165, 1.54) is 5.56 Å². The van der Waals surface area contributed by atoms with Gasteiger partial charge in [-0.3, -0.25) is 0 Å². The minimum Gasteiger partial charge on any atom is -0.493 e. The minimum absolute atomic E-state index is 0.102. The zero-order valence-corrected chi connectivity index (χ0v) is 19.7. The number of benzene rings is 2. The molecule has 0 N–H and O–H groups in total. The topological polar surface area (TPSA) is 53.7 Å². The lowest BCUT2D eigenvalue weighted by Gasteiger charge is -2.23. The van der Waals surface area contributed by atoms with Crippen molar-refractivity contribution in [3.8, 4) is 17.2 Å². The summed E-state index contributed by atoms with van der Waals surface area (Å²) < 4.78 is 23.4. The van der Waals surface area contributed by atoms with Crippen molar-refractivity contribution in [3.05, 3.63) is 71.6 Å². The van der Waals surface area contributed by atoms with Crippen LogP contribution in [0.5, 0.6) is 5.75 Å². The van der Waals surface area contributed by atoms with Crippen molar-refractivity contribution in [1.82, 2.24) is 4.98 Å². The van der Waals surface area contributed by atoms with Gasteiger partial charge in [0.2, 0.25) is 5.89 Å². The average molecular weight is 438 g/mol. The monoisotopic (exact) mass is 437 g/mol. The van der Waals surface area contributed by atoms with Gasteiger partial charge >= 0.3 is 0 Å². The molecule has 0 bridgehead atoms. The lowest BCUT2D eigenvalue weighted by atomic mass is 10.0. The van der Waals surface area contributed by atoms with Crippen LogP contribution in [0.4, 0.5) is 0 Å². The fraction of sp³-hybridized carbons (Fsp3) is 0.444. The molecule has 5 heteroatoms. The Labute approximate surface area is 191 Å². The van der Waals surface area contributed by atoms with Gasteiger partial charge in [0.15, 0.2) is 0 Å². The molecular weight excluding hydrogens is 402 g/mol. The molecule has 0 amide bonds. The number of hydrogen-bond acceptors (Lipinski definition) is 5. The first kappa shape index (κ1) is 24.0. The van der Waals surface area contributed by atoms with Crippen LogP contribution in [0.3, 0.4) is 0 Å². The van der Waals surface area contributed by atoms with Gasteiger partial charge in [-0.25, -0.2) is 4.98 Å². The van der Waals surface area contributed by atoms with E-state index < -0.39 is 0 Å². The van der Waals surface area contributed by atoms with Crippen molar-refractivity contribution >= 4 is 0 Å². The summed E-state index contributed by atoms with van der Waals surface area (Å²) in [6.45, 7) is 10.0. The van der Waals surface area contributed by atoms with E-state index in [9.17, 15) is 0 Å². The van der Waals surface area contributed by atoms with Gasteiger partial charge in [-0.05, 0) is 70.4 Å². The Hall–Kier alpha value is -2.63. The Bertz CT molecular complexity index is 921. The van der Waals surface area contributed by atoms with Crippen molar-refractivity contribution in [2.24, 2.45) is 0 Å². The van der Waals surface area contributed by atoms with Crippen molar-refractivity contribution in [1.29, 1.82) is 0 Å². The normalized spacial score (nSPS) is 13.1. The van der Waals surface area contributed by atoms with Gasteiger partial charge in [0.25, 0.3) is 0 Å². The van der Waals surface area contributed by atoms with E-state index >= 15 is 0 Å². The highest BCUT2D eigenvalue weighted by molar-refractivity contribution is 5.53. The summed E-state index contributed by atoms with van der Waals surface area (Å²) >= 11 is 0. The van der Waals surface area contributed by atoms with Gasteiger partial charge < -0.3 is 18.6 Å². The number of rotatable bonds is 13. The van der Waals surface area contributed by atoms with Crippen LogP contribution in [-0.2, 0) is 22.3 Å². The molecule has 3 aromatic rings. The maximum atomic E-state index is 5.94. The average Bonchev–Trinajstić information content (AvgIpc) is 3.18. The second-order valence-corrected chi connectivity index (χ2v) is 7.82. The third-order valence-electron chi connectivity index (χ3n) is 5.50. The van der Waals surface area contributed by atoms with Crippen LogP contribution < -0.4 is 4.74 Å². The molecule has 1 aromatic heterocycles. The van der Waals surface area contributed by atoms with Crippen LogP contribution in [-0.4, -0.2) is 37.0 Å². The summed E-state index contributed by atoms with van der Waals surface area (Å²) in [5.74, 6) is 2.36. The van der Waals surface area contributed by atoms with E-state index in [0.29, 0.717) is 32.1 Å². The zero-order chi connectivity index (χ0) is 22.8. The maximum absolute atomic E-state index is 5.94. The molecule has 1 heterocycles. The Morgan fingerprint density at radius 1 is 0.906 bits per heavy atom. The molecule has 32 heavy (non-hydrogen) atoms. The fourth-order valence-corrected chi connectivity index (χ4v) is 3.73. The molecule has 0 aliphatic heterocycles. The molecule has 3 rings (SSSR count). The molecule has 0 saturated carbocycles. The molecule has 0 spiro atoms. The van der Waals surface area contributed by atoms with Crippen LogP contribution in [0, 0.1) is 6.92 Å². The lowest BCUT2D eigenvalue weighted by molar-refractivity contribution is -0.0612. The summed E-state index contributed by atoms with van der Waals surface area (Å²) in [7, 11) is 0. The second-order valence-electron chi connectivity index (χ2n) is 7.82. The Morgan fingerprint density at radius 3 is 2.31 bits per heavy atom. The predicted molar refractivity (Wildman–Crippen MR) is 127 cm³/mol. The fourth-order valence-electron chi connectivity index (χ4n) is 3.73. The van der Waals surface area contributed by atoms with Crippen LogP contribution in [0.2, 0.25) is 0 Å². The zero-order valence-electron chi connectivity index (χ0n) is 19.7. The molecule has 5 nitrogen and oxygen atoms in total. The molecule has 0 fully saturated rings. The molecule has 2 aromatic carbocycles. The number of aryl methyl sites for hydroxylation is 2. The first-order valence-electron chi connectivity index (χ1n) is 11.6. The number of aromatic nitrogens is 1. The molecule has 2 atom stereocenters. The first-order valence-corrected chi connectivity index (χ1v) is 11.6. The van der Waals surface area contributed by atoms with E-state index in [-0.39, 0.29) is 12.2 Å². The largest absolute Gasteiger partial charge is 0.493 e. The summed E-state index contributed by atoms with van der Waals surface area (Å²) in [5, 5.41) is 0.